The molecule has 3 nitrogen and oxygen atoms in total. The Kier molecular flexibility index (Phi) is 6.01. The molecule has 0 radical (unpaired) electrons. The van der Waals surface area contributed by atoms with Crippen molar-refractivity contribution in [1.29, 1.82) is 0 Å². The summed E-state index contributed by atoms with van der Waals surface area (Å²) in [6, 6.07) is 8.04. The third-order valence-electron chi connectivity index (χ3n) is 2.73. The number of rotatable bonds is 5. The summed E-state index contributed by atoms with van der Waals surface area (Å²) >= 11 is 3.44. The monoisotopic (exact) mass is 326 g/mol. The zero-order chi connectivity index (χ0) is 14.5. The third-order valence-corrected chi connectivity index (χ3v) is 3.22. The Morgan fingerprint density at radius 2 is 2.05 bits per heavy atom. The van der Waals surface area contributed by atoms with Gasteiger partial charge in [0.1, 0.15) is 0 Å². The quantitative estimate of drug-likeness (QED) is 0.901. The highest BCUT2D eigenvalue weighted by atomic mass is 79.9. The molecule has 1 aromatic carbocycles. The van der Waals surface area contributed by atoms with Gasteiger partial charge in [0.2, 0.25) is 5.91 Å². The summed E-state index contributed by atoms with van der Waals surface area (Å²) < 4.78 is 1.04. The second-order valence-corrected chi connectivity index (χ2v) is 6.72. The van der Waals surface area contributed by atoms with E-state index in [4.69, 9.17) is 0 Å². The smallest absolute Gasteiger partial charge is 0.223 e. The highest BCUT2D eigenvalue weighted by Crippen LogP contribution is 2.13. The molecule has 1 rings (SSSR count). The van der Waals surface area contributed by atoms with E-state index in [2.05, 4.69) is 42.0 Å². The van der Waals surface area contributed by atoms with Gasteiger partial charge in [-0.15, -0.1) is 0 Å². The van der Waals surface area contributed by atoms with Gasteiger partial charge in [-0.05, 0) is 38.5 Å². The normalized spacial score (nSPS) is 11.4. The van der Waals surface area contributed by atoms with Gasteiger partial charge in [-0.25, -0.2) is 0 Å². The molecule has 0 saturated heterocycles. The average molecular weight is 327 g/mol. The molecule has 0 bridgehead atoms. The Bertz CT molecular complexity index is 426. The van der Waals surface area contributed by atoms with Crippen molar-refractivity contribution in [2.24, 2.45) is 0 Å². The van der Waals surface area contributed by atoms with E-state index < -0.39 is 0 Å². The lowest BCUT2D eigenvalue weighted by atomic mass is 10.1. The van der Waals surface area contributed by atoms with Gasteiger partial charge < -0.3 is 10.2 Å². The molecule has 0 aliphatic rings. The van der Waals surface area contributed by atoms with Crippen molar-refractivity contribution >= 4 is 21.8 Å². The lowest BCUT2D eigenvalue weighted by Crippen LogP contribution is -2.38. The largest absolute Gasteiger partial charge is 0.341 e. The molecular formula is C15H23BrN2O. The summed E-state index contributed by atoms with van der Waals surface area (Å²) in [4.78, 5) is 13.8. The molecule has 4 heteroatoms. The summed E-state index contributed by atoms with van der Waals surface area (Å²) in [6.45, 7) is 7.66. The SMILES string of the molecule is CN(Cc1cccc(Br)c1)C(=O)CCNC(C)(C)C. The van der Waals surface area contributed by atoms with E-state index in [1.807, 2.05) is 31.3 Å². The first-order valence-electron chi connectivity index (χ1n) is 6.51. The Hall–Kier alpha value is -0.870. The van der Waals surface area contributed by atoms with Crippen LogP contribution >= 0.6 is 15.9 Å². The molecule has 0 atom stereocenters. The predicted molar refractivity (Wildman–Crippen MR) is 83.0 cm³/mol. The highest BCUT2D eigenvalue weighted by Gasteiger charge is 2.12. The van der Waals surface area contributed by atoms with Gasteiger partial charge in [0.05, 0.1) is 0 Å². The number of amides is 1. The predicted octanol–water partition coefficient (Wildman–Crippen LogP) is 3.19. The first kappa shape index (κ1) is 16.2. The number of nitrogens with zero attached hydrogens (tertiary/aromatic N) is 1. The van der Waals surface area contributed by atoms with Gasteiger partial charge in [-0.3, -0.25) is 4.79 Å². The standard InChI is InChI=1S/C15H23BrN2O/c1-15(2,3)17-9-8-14(19)18(4)11-12-6-5-7-13(16)10-12/h5-7,10,17H,8-9,11H2,1-4H3. The number of carbonyl (C=O) groups is 1. The maximum Gasteiger partial charge on any atom is 0.223 e. The van der Waals surface area contributed by atoms with E-state index in [0.29, 0.717) is 19.5 Å². The molecule has 0 aliphatic carbocycles. The second-order valence-electron chi connectivity index (χ2n) is 5.81. The van der Waals surface area contributed by atoms with Crippen LogP contribution in [-0.4, -0.2) is 29.9 Å². The van der Waals surface area contributed by atoms with Crippen LogP contribution in [-0.2, 0) is 11.3 Å². The van der Waals surface area contributed by atoms with Crippen LogP contribution in [0.1, 0.15) is 32.8 Å². The number of hydrogen-bond acceptors (Lipinski definition) is 2. The molecule has 0 aromatic heterocycles. The number of nitrogens with one attached hydrogen (secondary N) is 1. The molecule has 106 valence electrons. The van der Waals surface area contributed by atoms with Crippen LogP contribution in [0.15, 0.2) is 28.7 Å². The minimum Gasteiger partial charge on any atom is -0.341 e. The Labute approximate surface area is 124 Å². The minimum absolute atomic E-state index is 0.0587. The van der Waals surface area contributed by atoms with Crippen molar-refractivity contribution in [1.82, 2.24) is 10.2 Å². The first-order valence-corrected chi connectivity index (χ1v) is 7.31. The fourth-order valence-electron chi connectivity index (χ4n) is 1.73. The molecule has 19 heavy (non-hydrogen) atoms. The summed E-state index contributed by atoms with van der Waals surface area (Å²) in [6.07, 6.45) is 0.530. The maximum atomic E-state index is 12.0. The topological polar surface area (TPSA) is 32.3 Å². The molecule has 0 fully saturated rings. The van der Waals surface area contributed by atoms with Crippen molar-refractivity contribution in [2.45, 2.75) is 39.3 Å². The van der Waals surface area contributed by atoms with E-state index >= 15 is 0 Å². The van der Waals surface area contributed by atoms with Gasteiger partial charge in [-0.2, -0.15) is 0 Å². The summed E-state index contributed by atoms with van der Waals surface area (Å²) in [5, 5.41) is 3.33. The van der Waals surface area contributed by atoms with E-state index in [1.165, 1.54) is 0 Å². The van der Waals surface area contributed by atoms with E-state index in [-0.39, 0.29) is 11.4 Å². The molecule has 0 heterocycles. The lowest BCUT2D eigenvalue weighted by Gasteiger charge is -2.22. The van der Waals surface area contributed by atoms with Crippen molar-refractivity contribution in [2.75, 3.05) is 13.6 Å². The van der Waals surface area contributed by atoms with E-state index in [1.54, 1.807) is 4.90 Å². The van der Waals surface area contributed by atoms with Crippen molar-refractivity contribution < 1.29 is 4.79 Å². The van der Waals surface area contributed by atoms with Crippen LogP contribution in [0.3, 0.4) is 0 Å². The highest BCUT2D eigenvalue weighted by molar-refractivity contribution is 9.10. The second kappa shape index (κ2) is 7.06. The fourth-order valence-corrected chi connectivity index (χ4v) is 2.18. The Morgan fingerprint density at radius 3 is 2.63 bits per heavy atom. The van der Waals surface area contributed by atoms with Gasteiger partial charge in [0, 0.05) is 36.6 Å². The molecule has 0 spiro atoms. The van der Waals surface area contributed by atoms with E-state index in [0.717, 1.165) is 10.0 Å². The summed E-state index contributed by atoms with van der Waals surface area (Å²) in [5.41, 5.74) is 1.19. The number of benzene rings is 1. The zero-order valence-corrected chi connectivity index (χ0v) is 13.8. The fraction of sp³-hybridized carbons (Fsp3) is 0.533. The molecular weight excluding hydrogens is 304 g/mol. The van der Waals surface area contributed by atoms with Crippen LogP contribution in [0.4, 0.5) is 0 Å². The van der Waals surface area contributed by atoms with Crippen LogP contribution in [0, 0.1) is 0 Å². The van der Waals surface area contributed by atoms with Crippen LogP contribution in [0.25, 0.3) is 0 Å². The van der Waals surface area contributed by atoms with Gasteiger partial charge in [0.15, 0.2) is 0 Å². The Balaban J connectivity index is 2.41. The molecule has 0 aliphatic heterocycles. The lowest BCUT2D eigenvalue weighted by molar-refractivity contribution is -0.130. The summed E-state index contributed by atoms with van der Waals surface area (Å²) in [5.74, 6) is 0.164. The molecule has 1 aromatic rings. The van der Waals surface area contributed by atoms with Crippen molar-refractivity contribution in [3.05, 3.63) is 34.3 Å². The third kappa shape index (κ3) is 6.73. The summed E-state index contributed by atoms with van der Waals surface area (Å²) in [7, 11) is 1.85. The number of halogens is 1. The van der Waals surface area contributed by atoms with Gasteiger partial charge in [0.25, 0.3) is 0 Å². The van der Waals surface area contributed by atoms with Crippen LogP contribution < -0.4 is 5.32 Å². The first-order chi connectivity index (χ1) is 8.78. The van der Waals surface area contributed by atoms with Crippen molar-refractivity contribution in [3.63, 3.8) is 0 Å². The van der Waals surface area contributed by atoms with Crippen LogP contribution in [0.2, 0.25) is 0 Å². The average Bonchev–Trinajstić information content (AvgIpc) is 2.27. The van der Waals surface area contributed by atoms with Crippen molar-refractivity contribution in [3.8, 4) is 0 Å². The molecule has 0 saturated carbocycles. The molecule has 1 amide bonds. The zero-order valence-electron chi connectivity index (χ0n) is 12.2. The molecule has 0 unspecified atom stereocenters. The number of carbonyl (C=O) groups excluding carboxylic acids is 1. The minimum atomic E-state index is 0.0587. The molecule has 1 N–H and O–H groups in total. The number of hydrogen-bond donors (Lipinski definition) is 1. The van der Waals surface area contributed by atoms with Gasteiger partial charge in [-0.1, -0.05) is 28.1 Å². The van der Waals surface area contributed by atoms with E-state index in [9.17, 15) is 4.79 Å². The Morgan fingerprint density at radius 1 is 1.37 bits per heavy atom. The van der Waals surface area contributed by atoms with Crippen LogP contribution in [0.5, 0.6) is 0 Å². The maximum absolute atomic E-state index is 12.0. The van der Waals surface area contributed by atoms with Gasteiger partial charge >= 0.3 is 0 Å².